The lowest BCUT2D eigenvalue weighted by Crippen LogP contribution is -2.24. The molecule has 1 fully saturated rings. The van der Waals surface area contributed by atoms with Gasteiger partial charge in [-0.3, -0.25) is 9.59 Å². The highest BCUT2D eigenvalue weighted by atomic mass is 35.5. The average Bonchev–Trinajstić information content (AvgIpc) is 3.28. The third-order valence-electron chi connectivity index (χ3n) is 4.40. The number of hydrogen-bond acceptors (Lipinski definition) is 4. The third kappa shape index (κ3) is 3.75. The maximum absolute atomic E-state index is 12.2. The van der Waals surface area contributed by atoms with Gasteiger partial charge in [-0.25, -0.2) is 0 Å². The number of hydrogen-bond donors (Lipinski definition) is 1. The molecule has 4 rings (SSSR count). The standard InChI is InChI=1S/C20H17ClN2O4/c21-15-11-14(5-6-16(15)23-9-1-2-20(23)25)22-19(24)8-4-13-3-7-17-18(10-13)27-12-26-17/h3-8,10-11H,1-2,9,12H2,(H,22,24)/b8-4+. The van der Waals surface area contributed by atoms with Crippen molar-refractivity contribution in [3.63, 3.8) is 0 Å². The van der Waals surface area contributed by atoms with Crippen LogP contribution in [0.2, 0.25) is 5.02 Å². The van der Waals surface area contributed by atoms with Crippen molar-refractivity contribution in [3.05, 3.63) is 53.1 Å². The molecule has 2 amide bonds. The van der Waals surface area contributed by atoms with Crippen LogP contribution in [0, 0.1) is 0 Å². The predicted octanol–water partition coefficient (Wildman–Crippen LogP) is 3.85. The zero-order valence-corrected chi connectivity index (χ0v) is 15.2. The van der Waals surface area contributed by atoms with Crippen LogP contribution in [0.4, 0.5) is 11.4 Å². The van der Waals surface area contributed by atoms with Crippen LogP contribution >= 0.6 is 11.6 Å². The molecule has 7 heteroatoms. The predicted molar refractivity (Wildman–Crippen MR) is 103 cm³/mol. The minimum absolute atomic E-state index is 0.0698. The molecule has 6 nitrogen and oxygen atoms in total. The van der Waals surface area contributed by atoms with Crippen LogP contribution in [-0.2, 0) is 9.59 Å². The van der Waals surface area contributed by atoms with E-state index in [0.717, 1.165) is 12.0 Å². The van der Waals surface area contributed by atoms with Crippen molar-refractivity contribution in [2.45, 2.75) is 12.8 Å². The van der Waals surface area contributed by atoms with Gasteiger partial charge in [0.1, 0.15) is 0 Å². The van der Waals surface area contributed by atoms with Gasteiger partial charge >= 0.3 is 0 Å². The minimum Gasteiger partial charge on any atom is -0.454 e. The van der Waals surface area contributed by atoms with Crippen molar-refractivity contribution in [1.82, 2.24) is 0 Å². The summed E-state index contributed by atoms with van der Waals surface area (Å²) in [7, 11) is 0. The van der Waals surface area contributed by atoms with Crippen LogP contribution in [0.3, 0.4) is 0 Å². The first-order valence-corrected chi connectivity index (χ1v) is 8.96. The molecule has 0 bridgehead atoms. The highest BCUT2D eigenvalue weighted by molar-refractivity contribution is 6.34. The Morgan fingerprint density at radius 1 is 1.15 bits per heavy atom. The van der Waals surface area contributed by atoms with Crippen molar-refractivity contribution < 1.29 is 19.1 Å². The first kappa shape index (κ1) is 17.4. The lowest BCUT2D eigenvalue weighted by Gasteiger charge is -2.17. The Morgan fingerprint density at radius 3 is 2.78 bits per heavy atom. The number of anilines is 2. The van der Waals surface area contributed by atoms with E-state index in [4.69, 9.17) is 21.1 Å². The summed E-state index contributed by atoms with van der Waals surface area (Å²) in [6.07, 6.45) is 4.50. The second-order valence-corrected chi connectivity index (χ2v) is 6.66. The molecular weight excluding hydrogens is 368 g/mol. The van der Waals surface area contributed by atoms with E-state index < -0.39 is 0 Å². The van der Waals surface area contributed by atoms with E-state index in [-0.39, 0.29) is 18.6 Å². The number of rotatable bonds is 4. The Morgan fingerprint density at radius 2 is 2.00 bits per heavy atom. The molecule has 27 heavy (non-hydrogen) atoms. The summed E-state index contributed by atoms with van der Waals surface area (Å²) in [5.74, 6) is 1.15. The lowest BCUT2D eigenvalue weighted by atomic mass is 10.2. The molecule has 0 radical (unpaired) electrons. The van der Waals surface area contributed by atoms with Crippen LogP contribution in [0.15, 0.2) is 42.5 Å². The molecule has 0 saturated carbocycles. The van der Waals surface area contributed by atoms with Gasteiger partial charge in [0.25, 0.3) is 0 Å². The number of fused-ring (bicyclic) bond motifs is 1. The molecule has 138 valence electrons. The number of amides is 2. The van der Waals surface area contributed by atoms with Crippen LogP contribution in [0.25, 0.3) is 6.08 Å². The van der Waals surface area contributed by atoms with Gasteiger partial charge in [-0.15, -0.1) is 0 Å². The van der Waals surface area contributed by atoms with Gasteiger partial charge in [0.15, 0.2) is 11.5 Å². The molecule has 0 aliphatic carbocycles. The van der Waals surface area contributed by atoms with Gasteiger partial charge in [-0.2, -0.15) is 0 Å². The number of nitrogens with zero attached hydrogens (tertiary/aromatic N) is 1. The molecule has 2 aromatic rings. The number of carbonyl (C=O) groups is 2. The summed E-state index contributed by atoms with van der Waals surface area (Å²) in [6, 6.07) is 10.6. The highest BCUT2D eigenvalue weighted by Gasteiger charge is 2.23. The Kier molecular flexibility index (Phi) is 4.73. The highest BCUT2D eigenvalue weighted by Crippen LogP contribution is 2.33. The molecule has 2 aliphatic rings. The minimum atomic E-state index is -0.284. The summed E-state index contributed by atoms with van der Waals surface area (Å²) in [4.78, 5) is 25.7. The van der Waals surface area contributed by atoms with E-state index in [9.17, 15) is 9.59 Å². The summed E-state index contributed by atoms with van der Waals surface area (Å²) < 4.78 is 10.6. The van der Waals surface area contributed by atoms with Gasteiger partial charge in [0, 0.05) is 24.7 Å². The Labute approximate surface area is 161 Å². The summed E-state index contributed by atoms with van der Waals surface area (Å²) >= 11 is 6.30. The molecule has 1 saturated heterocycles. The zero-order chi connectivity index (χ0) is 18.8. The smallest absolute Gasteiger partial charge is 0.248 e. The number of benzene rings is 2. The van der Waals surface area contributed by atoms with E-state index in [1.807, 2.05) is 12.1 Å². The normalized spacial score (nSPS) is 15.6. The van der Waals surface area contributed by atoms with Crippen molar-refractivity contribution in [1.29, 1.82) is 0 Å². The molecule has 0 unspecified atom stereocenters. The fraction of sp³-hybridized carbons (Fsp3) is 0.200. The maximum atomic E-state index is 12.2. The average molecular weight is 385 g/mol. The van der Waals surface area contributed by atoms with Crippen molar-refractivity contribution >= 4 is 40.9 Å². The fourth-order valence-electron chi connectivity index (χ4n) is 3.08. The molecule has 2 aliphatic heterocycles. The first-order valence-electron chi connectivity index (χ1n) is 8.59. The molecule has 0 aromatic heterocycles. The second kappa shape index (κ2) is 7.32. The van der Waals surface area contributed by atoms with Crippen molar-refractivity contribution in [3.8, 4) is 11.5 Å². The molecule has 1 N–H and O–H groups in total. The molecule has 2 heterocycles. The fourth-order valence-corrected chi connectivity index (χ4v) is 3.36. The van der Waals surface area contributed by atoms with Gasteiger partial charge in [-0.1, -0.05) is 17.7 Å². The zero-order valence-electron chi connectivity index (χ0n) is 14.4. The quantitative estimate of drug-likeness (QED) is 0.813. The number of ether oxygens (including phenoxy) is 2. The molecule has 0 atom stereocenters. The van der Waals surface area contributed by atoms with Gasteiger partial charge < -0.3 is 19.7 Å². The van der Waals surface area contributed by atoms with E-state index in [0.29, 0.717) is 40.9 Å². The molecule has 0 spiro atoms. The van der Waals surface area contributed by atoms with E-state index in [1.54, 1.807) is 35.2 Å². The third-order valence-corrected chi connectivity index (χ3v) is 4.71. The van der Waals surface area contributed by atoms with Crippen LogP contribution in [-0.4, -0.2) is 25.2 Å². The van der Waals surface area contributed by atoms with Gasteiger partial charge in [-0.05, 0) is 48.4 Å². The second-order valence-electron chi connectivity index (χ2n) is 6.25. The monoisotopic (exact) mass is 384 g/mol. The van der Waals surface area contributed by atoms with Crippen molar-refractivity contribution in [2.24, 2.45) is 0 Å². The SMILES string of the molecule is O=C(/C=C/c1ccc2c(c1)OCO2)Nc1ccc(N2CCCC2=O)c(Cl)c1. The van der Waals surface area contributed by atoms with Crippen LogP contribution in [0.1, 0.15) is 18.4 Å². The number of carbonyl (C=O) groups excluding carboxylic acids is 2. The Bertz CT molecular complexity index is 942. The lowest BCUT2D eigenvalue weighted by molar-refractivity contribution is -0.117. The number of nitrogens with one attached hydrogen (secondary N) is 1. The molecular formula is C20H17ClN2O4. The summed E-state index contributed by atoms with van der Waals surface area (Å²) in [5, 5.41) is 3.20. The van der Waals surface area contributed by atoms with Crippen LogP contribution in [0.5, 0.6) is 11.5 Å². The first-order chi connectivity index (χ1) is 13.1. The van der Waals surface area contributed by atoms with E-state index in [1.165, 1.54) is 6.08 Å². The summed E-state index contributed by atoms with van der Waals surface area (Å²) in [6.45, 7) is 0.880. The van der Waals surface area contributed by atoms with E-state index >= 15 is 0 Å². The van der Waals surface area contributed by atoms with E-state index in [2.05, 4.69) is 5.32 Å². The van der Waals surface area contributed by atoms with Gasteiger partial charge in [0.05, 0.1) is 10.7 Å². The Balaban J connectivity index is 1.42. The maximum Gasteiger partial charge on any atom is 0.248 e. The van der Waals surface area contributed by atoms with Gasteiger partial charge in [0.2, 0.25) is 18.6 Å². The topological polar surface area (TPSA) is 67.9 Å². The number of halogens is 1. The summed E-state index contributed by atoms with van der Waals surface area (Å²) in [5.41, 5.74) is 2.07. The largest absolute Gasteiger partial charge is 0.454 e. The molecule has 2 aromatic carbocycles. The Hall–Kier alpha value is -2.99. The van der Waals surface area contributed by atoms with Crippen molar-refractivity contribution in [2.75, 3.05) is 23.6 Å². The van der Waals surface area contributed by atoms with Crippen LogP contribution < -0.4 is 19.7 Å².